The van der Waals surface area contributed by atoms with Crippen LogP contribution in [0.4, 0.5) is 0 Å². The molecular weight excluding hydrogens is 340 g/mol. The van der Waals surface area contributed by atoms with Gasteiger partial charge in [0.1, 0.15) is 5.75 Å². The molecular formula is C19H21BrO2. The van der Waals surface area contributed by atoms with Crippen LogP contribution in [0.1, 0.15) is 66.6 Å². The maximum atomic E-state index is 12.7. The molecule has 0 saturated heterocycles. The van der Waals surface area contributed by atoms with Gasteiger partial charge in [0.05, 0.1) is 0 Å². The standard InChI is InChI=1S/C19H21BrO2/c1-11(2)16-9-14(10-17(12(3)4)19(16)22)18(21)13-5-7-15(20)8-6-13/h5-12,22H,1-4H3. The Hall–Kier alpha value is -1.61. The number of hydrogen-bond acceptors (Lipinski definition) is 2. The lowest BCUT2D eigenvalue weighted by Crippen LogP contribution is -2.05. The molecule has 0 amide bonds. The van der Waals surface area contributed by atoms with Gasteiger partial charge in [-0.2, -0.15) is 0 Å². The van der Waals surface area contributed by atoms with Gasteiger partial charge in [-0.25, -0.2) is 0 Å². The number of carbonyl (C=O) groups is 1. The number of halogens is 1. The molecule has 2 aromatic carbocycles. The second kappa shape index (κ2) is 6.66. The largest absolute Gasteiger partial charge is 0.507 e. The van der Waals surface area contributed by atoms with Crippen LogP contribution in [0.2, 0.25) is 0 Å². The van der Waals surface area contributed by atoms with Crippen LogP contribution >= 0.6 is 15.9 Å². The molecule has 22 heavy (non-hydrogen) atoms. The Balaban J connectivity index is 2.55. The van der Waals surface area contributed by atoms with Gasteiger partial charge < -0.3 is 5.11 Å². The van der Waals surface area contributed by atoms with Crippen molar-refractivity contribution < 1.29 is 9.90 Å². The van der Waals surface area contributed by atoms with Crippen molar-refractivity contribution in [2.45, 2.75) is 39.5 Å². The summed E-state index contributed by atoms with van der Waals surface area (Å²) in [7, 11) is 0. The fourth-order valence-corrected chi connectivity index (χ4v) is 2.72. The normalized spacial score (nSPS) is 11.2. The van der Waals surface area contributed by atoms with E-state index in [1.807, 2.05) is 64.1 Å². The highest BCUT2D eigenvalue weighted by atomic mass is 79.9. The summed E-state index contributed by atoms with van der Waals surface area (Å²) in [6.45, 7) is 8.08. The van der Waals surface area contributed by atoms with E-state index in [0.717, 1.165) is 15.6 Å². The quantitative estimate of drug-likeness (QED) is 0.717. The van der Waals surface area contributed by atoms with Crippen molar-refractivity contribution >= 4 is 21.7 Å². The lowest BCUT2D eigenvalue weighted by molar-refractivity contribution is 0.103. The molecule has 0 aliphatic carbocycles. The molecule has 2 rings (SSSR count). The van der Waals surface area contributed by atoms with Gasteiger partial charge in [-0.1, -0.05) is 43.6 Å². The molecule has 2 aromatic rings. The van der Waals surface area contributed by atoms with E-state index in [9.17, 15) is 9.90 Å². The molecule has 0 fully saturated rings. The fourth-order valence-electron chi connectivity index (χ4n) is 2.46. The molecule has 1 N–H and O–H groups in total. The molecule has 0 radical (unpaired) electrons. The Morgan fingerprint density at radius 2 is 1.36 bits per heavy atom. The zero-order chi connectivity index (χ0) is 16.4. The monoisotopic (exact) mass is 360 g/mol. The van der Waals surface area contributed by atoms with Crippen molar-refractivity contribution in [1.29, 1.82) is 0 Å². The summed E-state index contributed by atoms with van der Waals surface area (Å²) in [6.07, 6.45) is 0. The van der Waals surface area contributed by atoms with Crippen molar-refractivity contribution in [3.63, 3.8) is 0 Å². The molecule has 0 aromatic heterocycles. The van der Waals surface area contributed by atoms with Crippen LogP contribution < -0.4 is 0 Å². The highest BCUT2D eigenvalue weighted by Gasteiger charge is 2.18. The van der Waals surface area contributed by atoms with Gasteiger partial charge in [0.2, 0.25) is 0 Å². The minimum atomic E-state index is -0.0173. The number of aromatic hydroxyl groups is 1. The fraction of sp³-hybridized carbons (Fsp3) is 0.316. The molecule has 2 nitrogen and oxygen atoms in total. The minimum absolute atomic E-state index is 0.0173. The molecule has 0 unspecified atom stereocenters. The zero-order valence-corrected chi connectivity index (χ0v) is 14.9. The Morgan fingerprint density at radius 3 is 1.77 bits per heavy atom. The molecule has 3 heteroatoms. The van der Waals surface area contributed by atoms with Crippen LogP contribution in [0, 0.1) is 0 Å². The van der Waals surface area contributed by atoms with Crippen molar-refractivity contribution in [3.05, 3.63) is 63.1 Å². The van der Waals surface area contributed by atoms with Crippen LogP contribution in [-0.4, -0.2) is 10.9 Å². The molecule has 116 valence electrons. The molecule has 0 aliphatic rings. The first-order valence-corrected chi connectivity index (χ1v) is 8.27. The third-order valence-corrected chi connectivity index (χ3v) is 4.31. The van der Waals surface area contributed by atoms with Gasteiger partial charge in [-0.3, -0.25) is 4.79 Å². The van der Waals surface area contributed by atoms with Crippen molar-refractivity contribution in [2.24, 2.45) is 0 Å². The zero-order valence-electron chi connectivity index (χ0n) is 13.4. The molecule has 0 aliphatic heterocycles. The Kier molecular flexibility index (Phi) is 5.07. The number of hydrogen-bond donors (Lipinski definition) is 1. The summed E-state index contributed by atoms with van der Waals surface area (Å²) in [6, 6.07) is 11.0. The smallest absolute Gasteiger partial charge is 0.193 e. The predicted octanol–water partition coefficient (Wildman–Crippen LogP) is 5.63. The summed E-state index contributed by atoms with van der Waals surface area (Å²) in [5.41, 5.74) is 2.93. The third kappa shape index (κ3) is 3.41. The maximum Gasteiger partial charge on any atom is 0.193 e. The van der Waals surface area contributed by atoms with E-state index in [2.05, 4.69) is 15.9 Å². The summed E-state index contributed by atoms with van der Waals surface area (Å²) in [5.74, 6) is 0.624. The highest BCUT2D eigenvalue weighted by Crippen LogP contribution is 2.35. The minimum Gasteiger partial charge on any atom is -0.507 e. The molecule has 0 atom stereocenters. The van der Waals surface area contributed by atoms with Crippen molar-refractivity contribution in [2.75, 3.05) is 0 Å². The van der Waals surface area contributed by atoms with Gasteiger partial charge in [-0.15, -0.1) is 0 Å². The first-order chi connectivity index (χ1) is 10.3. The number of phenols is 1. The van der Waals surface area contributed by atoms with Gasteiger partial charge in [-0.05, 0) is 59.4 Å². The Morgan fingerprint density at radius 1 is 0.909 bits per heavy atom. The SMILES string of the molecule is CC(C)c1cc(C(=O)c2ccc(Br)cc2)cc(C(C)C)c1O. The number of rotatable bonds is 4. The summed E-state index contributed by atoms with van der Waals surface area (Å²) >= 11 is 3.38. The van der Waals surface area contributed by atoms with Gasteiger partial charge in [0.15, 0.2) is 5.78 Å². The second-order valence-corrected chi connectivity index (χ2v) is 7.06. The average Bonchev–Trinajstić information content (AvgIpc) is 2.47. The predicted molar refractivity (Wildman–Crippen MR) is 93.9 cm³/mol. The first-order valence-electron chi connectivity index (χ1n) is 7.48. The van der Waals surface area contributed by atoms with Gasteiger partial charge in [0, 0.05) is 15.6 Å². The maximum absolute atomic E-state index is 12.7. The van der Waals surface area contributed by atoms with E-state index in [4.69, 9.17) is 0 Å². The Bertz CT molecular complexity index is 656. The van der Waals surface area contributed by atoms with Crippen LogP contribution in [0.15, 0.2) is 40.9 Å². The third-order valence-electron chi connectivity index (χ3n) is 3.78. The van der Waals surface area contributed by atoms with Crippen molar-refractivity contribution in [1.82, 2.24) is 0 Å². The van der Waals surface area contributed by atoms with Crippen molar-refractivity contribution in [3.8, 4) is 5.75 Å². The van der Waals surface area contributed by atoms with Crippen LogP contribution in [0.5, 0.6) is 5.75 Å². The van der Waals surface area contributed by atoms with Crippen LogP contribution in [0.25, 0.3) is 0 Å². The van der Waals surface area contributed by atoms with Gasteiger partial charge >= 0.3 is 0 Å². The molecule has 0 heterocycles. The second-order valence-electron chi connectivity index (χ2n) is 6.15. The topological polar surface area (TPSA) is 37.3 Å². The highest BCUT2D eigenvalue weighted by molar-refractivity contribution is 9.10. The van der Waals surface area contributed by atoms with Crippen LogP contribution in [0.3, 0.4) is 0 Å². The summed E-state index contributed by atoms with van der Waals surface area (Å²) in [4.78, 5) is 12.7. The number of phenolic OH excluding ortho intramolecular Hbond substituents is 1. The lowest BCUT2D eigenvalue weighted by atomic mass is 9.89. The average molecular weight is 361 g/mol. The molecule has 0 spiro atoms. The first kappa shape index (κ1) is 16.8. The van der Waals surface area contributed by atoms with E-state index in [-0.39, 0.29) is 17.6 Å². The number of benzene rings is 2. The van der Waals surface area contributed by atoms with E-state index < -0.39 is 0 Å². The van der Waals surface area contributed by atoms with E-state index >= 15 is 0 Å². The molecule has 0 bridgehead atoms. The van der Waals surface area contributed by atoms with Gasteiger partial charge in [0.25, 0.3) is 0 Å². The Labute approximate surface area is 140 Å². The lowest BCUT2D eigenvalue weighted by Gasteiger charge is -2.17. The number of ketones is 1. The summed E-state index contributed by atoms with van der Waals surface area (Å²) in [5, 5.41) is 10.4. The summed E-state index contributed by atoms with van der Waals surface area (Å²) < 4.78 is 0.945. The number of carbonyl (C=O) groups excluding carboxylic acids is 1. The van der Waals surface area contributed by atoms with E-state index in [1.165, 1.54) is 0 Å². The molecule has 0 saturated carbocycles. The van der Waals surface area contributed by atoms with E-state index in [1.54, 1.807) is 0 Å². The van der Waals surface area contributed by atoms with Crippen LogP contribution in [-0.2, 0) is 0 Å². The van der Waals surface area contributed by atoms with E-state index in [0.29, 0.717) is 16.9 Å².